The summed E-state index contributed by atoms with van der Waals surface area (Å²) in [6.07, 6.45) is 0. The fraction of sp³-hybridized carbons (Fsp3) is 0.0909. The molecular weight excluding hydrogens is 307 g/mol. The lowest BCUT2D eigenvalue weighted by Gasteiger charge is -2.04. The maximum atomic E-state index is 5.63. The van der Waals surface area contributed by atoms with Crippen molar-refractivity contribution in [1.82, 2.24) is 0 Å². The van der Waals surface area contributed by atoms with Crippen LogP contribution < -0.4 is 4.74 Å². The number of thiophene rings is 1. The predicted molar refractivity (Wildman–Crippen MR) is 67.8 cm³/mol. The van der Waals surface area contributed by atoms with Gasteiger partial charge in [0, 0.05) is 3.57 Å². The quantitative estimate of drug-likeness (QED) is 0.780. The summed E-state index contributed by atoms with van der Waals surface area (Å²) >= 11 is 3.98. The molecule has 1 nitrogen and oxygen atoms in total. The third-order valence-electron chi connectivity index (χ3n) is 1.78. The molecule has 0 bridgehead atoms. The van der Waals surface area contributed by atoms with E-state index in [0.29, 0.717) is 6.61 Å². The normalized spacial score (nSPS) is 10.1. The molecule has 0 radical (unpaired) electrons. The van der Waals surface area contributed by atoms with Gasteiger partial charge in [-0.25, -0.2) is 0 Å². The topological polar surface area (TPSA) is 9.23 Å². The van der Waals surface area contributed by atoms with Gasteiger partial charge in [0.25, 0.3) is 0 Å². The highest BCUT2D eigenvalue weighted by atomic mass is 127. The number of halogens is 1. The summed E-state index contributed by atoms with van der Waals surface area (Å²) in [5.41, 5.74) is 1.23. The number of hydrogen-bond acceptors (Lipinski definition) is 2. The van der Waals surface area contributed by atoms with Crippen LogP contribution in [0, 0.1) is 3.57 Å². The van der Waals surface area contributed by atoms with Gasteiger partial charge in [0.05, 0.1) is 0 Å². The summed E-state index contributed by atoms with van der Waals surface area (Å²) in [5.74, 6) is 0.933. The second-order valence-corrected chi connectivity index (χ2v) is 4.90. The lowest BCUT2D eigenvalue weighted by atomic mass is 10.3. The zero-order chi connectivity index (χ0) is 9.80. The van der Waals surface area contributed by atoms with Crippen LogP contribution in [0.25, 0.3) is 0 Å². The minimum atomic E-state index is 0.656. The molecule has 0 aliphatic rings. The Morgan fingerprint density at radius 2 is 2.21 bits per heavy atom. The Morgan fingerprint density at radius 3 is 2.93 bits per heavy atom. The minimum absolute atomic E-state index is 0.656. The van der Waals surface area contributed by atoms with Gasteiger partial charge in [-0.3, -0.25) is 0 Å². The Balaban J connectivity index is 1.98. The van der Waals surface area contributed by atoms with Gasteiger partial charge >= 0.3 is 0 Å². The van der Waals surface area contributed by atoms with Crippen molar-refractivity contribution in [3.05, 3.63) is 50.2 Å². The molecule has 3 heteroatoms. The van der Waals surface area contributed by atoms with Crippen molar-refractivity contribution in [1.29, 1.82) is 0 Å². The molecule has 1 aromatic carbocycles. The van der Waals surface area contributed by atoms with E-state index in [9.17, 15) is 0 Å². The highest BCUT2D eigenvalue weighted by Crippen LogP contribution is 2.16. The standard InChI is InChI=1S/C11H9IOS/c12-10-2-1-3-11(6-10)13-7-9-4-5-14-8-9/h1-6,8H,7H2. The molecule has 2 rings (SSSR count). The van der Waals surface area contributed by atoms with Crippen molar-refractivity contribution in [2.45, 2.75) is 6.61 Å². The summed E-state index contributed by atoms with van der Waals surface area (Å²) in [6.45, 7) is 0.656. The van der Waals surface area contributed by atoms with E-state index in [1.165, 1.54) is 9.13 Å². The number of rotatable bonds is 3. The van der Waals surface area contributed by atoms with Crippen LogP contribution in [-0.4, -0.2) is 0 Å². The van der Waals surface area contributed by atoms with Gasteiger partial charge in [0.1, 0.15) is 12.4 Å². The van der Waals surface area contributed by atoms with E-state index in [1.807, 2.05) is 18.2 Å². The van der Waals surface area contributed by atoms with E-state index in [-0.39, 0.29) is 0 Å². The van der Waals surface area contributed by atoms with Crippen molar-refractivity contribution >= 4 is 33.9 Å². The van der Waals surface area contributed by atoms with Crippen molar-refractivity contribution in [2.24, 2.45) is 0 Å². The van der Waals surface area contributed by atoms with E-state index in [4.69, 9.17) is 4.74 Å². The first-order valence-electron chi connectivity index (χ1n) is 4.24. The SMILES string of the molecule is Ic1cccc(OCc2ccsc2)c1. The molecule has 0 unspecified atom stereocenters. The van der Waals surface area contributed by atoms with Crippen LogP contribution in [0.3, 0.4) is 0 Å². The van der Waals surface area contributed by atoms with E-state index < -0.39 is 0 Å². The third kappa shape index (κ3) is 2.72. The maximum Gasteiger partial charge on any atom is 0.120 e. The summed E-state index contributed by atoms with van der Waals surface area (Å²) in [4.78, 5) is 0. The van der Waals surface area contributed by atoms with Crippen molar-refractivity contribution in [3.63, 3.8) is 0 Å². The van der Waals surface area contributed by atoms with Crippen LogP contribution in [0.2, 0.25) is 0 Å². The Hall–Kier alpha value is -0.550. The van der Waals surface area contributed by atoms with Gasteiger partial charge in [-0.2, -0.15) is 11.3 Å². The molecule has 0 fully saturated rings. The highest BCUT2D eigenvalue weighted by molar-refractivity contribution is 14.1. The molecule has 0 saturated heterocycles. The summed E-state index contributed by atoms with van der Waals surface area (Å²) < 4.78 is 6.83. The van der Waals surface area contributed by atoms with Gasteiger partial charge < -0.3 is 4.74 Å². The van der Waals surface area contributed by atoms with Gasteiger partial charge in [0.15, 0.2) is 0 Å². The van der Waals surface area contributed by atoms with Crippen LogP contribution in [0.15, 0.2) is 41.1 Å². The molecule has 2 aromatic rings. The number of ether oxygens (including phenoxy) is 1. The first kappa shape index (κ1) is 9.98. The molecule has 1 heterocycles. The van der Waals surface area contributed by atoms with Gasteiger partial charge in [-0.1, -0.05) is 6.07 Å². The zero-order valence-electron chi connectivity index (χ0n) is 7.44. The molecule has 0 aliphatic heterocycles. The molecule has 0 amide bonds. The average molecular weight is 316 g/mol. The predicted octanol–water partition coefficient (Wildman–Crippen LogP) is 3.93. The summed E-state index contributed by atoms with van der Waals surface area (Å²) in [7, 11) is 0. The number of hydrogen-bond donors (Lipinski definition) is 0. The molecule has 14 heavy (non-hydrogen) atoms. The van der Waals surface area contributed by atoms with Crippen molar-refractivity contribution in [3.8, 4) is 5.75 Å². The zero-order valence-corrected chi connectivity index (χ0v) is 10.4. The average Bonchev–Trinajstić information content (AvgIpc) is 2.67. The van der Waals surface area contributed by atoms with Crippen molar-refractivity contribution < 1.29 is 4.74 Å². The first-order chi connectivity index (χ1) is 6.84. The summed E-state index contributed by atoms with van der Waals surface area (Å²) in [6, 6.07) is 10.2. The fourth-order valence-electron chi connectivity index (χ4n) is 1.10. The number of benzene rings is 1. The van der Waals surface area contributed by atoms with E-state index in [0.717, 1.165) is 5.75 Å². The maximum absolute atomic E-state index is 5.63. The van der Waals surface area contributed by atoms with Gasteiger partial charge in [-0.15, -0.1) is 0 Å². The highest BCUT2D eigenvalue weighted by Gasteiger charge is 1.96. The van der Waals surface area contributed by atoms with E-state index in [1.54, 1.807) is 11.3 Å². The Kier molecular flexibility index (Phi) is 3.42. The van der Waals surface area contributed by atoms with E-state index in [2.05, 4.69) is 45.5 Å². The molecule has 0 aliphatic carbocycles. The summed E-state index contributed by atoms with van der Waals surface area (Å²) in [5, 5.41) is 4.17. The smallest absolute Gasteiger partial charge is 0.120 e. The van der Waals surface area contributed by atoms with Crippen LogP contribution in [0.5, 0.6) is 5.75 Å². The molecular formula is C11H9IOS. The van der Waals surface area contributed by atoms with E-state index >= 15 is 0 Å². The van der Waals surface area contributed by atoms with Crippen LogP contribution in [-0.2, 0) is 6.61 Å². The second-order valence-electron chi connectivity index (χ2n) is 2.88. The molecule has 0 atom stereocenters. The minimum Gasteiger partial charge on any atom is -0.489 e. The molecule has 0 N–H and O–H groups in total. The monoisotopic (exact) mass is 316 g/mol. The van der Waals surface area contributed by atoms with Gasteiger partial charge in [-0.05, 0) is 63.2 Å². The lowest BCUT2D eigenvalue weighted by molar-refractivity contribution is 0.306. The molecule has 72 valence electrons. The van der Waals surface area contributed by atoms with Crippen LogP contribution in [0.1, 0.15) is 5.56 Å². The lowest BCUT2D eigenvalue weighted by Crippen LogP contribution is -1.93. The van der Waals surface area contributed by atoms with Crippen molar-refractivity contribution in [2.75, 3.05) is 0 Å². The second kappa shape index (κ2) is 4.79. The third-order valence-corrected chi connectivity index (χ3v) is 3.18. The van der Waals surface area contributed by atoms with Crippen LogP contribution >= 0.6 is 33.9 Å². The Bertz CT molecular complexity index is 397. The fourth-order valence-corrected chi connectivity index (χ4v) is 2.27. The first-order valence-corrected chi connectivity index (χ1v) is 6.26. The van der Waals surface area contributed by atoms with Crippen LogP contribution in [0.4, 0.5) is 0 Å². The Labute approximate surface area is 101 Å². The van der Waals surface area contributed by atoms with Gasteiger partial charge in [0.2, 0.25) is 0 Å². The largest absolute Gasteiger partial charge is 0.489 e. The molecule has 0 saturated carbocycles. The Morgan fingerprint density at radius 1 is 1.29 bits per heavy atom. The molecule has 0 spiro atoms. The molecule has 1 aromatic heterocycles.